The Hall–Kier alpha value is -1.43. The van der Waals surface area contributed by atoms with Gasteiger partial charge in [-0.3, -0.25) is 0 Å². The molecular weight excluding hydrogens is 270 g/mol. The summed E-state index contributed by atoms with van der Waals surface area (Å²) in [6, 6.07) is 7.06. The molecule has 2 heterocycles. The monoisotopic (exact) mass is 279 g/mol. The van der Waals surface area contributed by atoms with Crippen LogP contribution in [0.25, 0.3) is 11.0 Å². The number of aromatic nitrogens is 2. The molecule has 0 aliphatic rings. The van der Waals surface area contributed by atoms with Crippen molar-refractivity contribution < 1.29 is 4.42 Å². The zero-order chi connectivity index (χ0) is 12.7. The standard InChI is InChI=1S/C12H10ClN3OS/c1-6-12(18-16-15-6)11(14)10-5-7-4-8(13)2-3-9(7)17-10/h2-5,11H,14H2,1H3. The molecule has 3 aromatic rings. The third-order valence-electron chi connectivity index (χ3n) is 2.77. The van der Waals surface area contributed by atoms with Crippen LogP contribution in [0.15, 0.2) is 28.7 Å². The Morgan fingerprint density at radius 2 is 2.22 bits per heavy atom. The Morgan fingerprint density at radius 3 is 2.94 bits per heavy atom. The maximum atomic E-state index is 6.17. The molecule has 2 aromatic heterocycles. The smallest absolute Gasteiger partial charge is 0.134 e. The van der Waals surface area contributed by atoms with Crippen LogP contribution in [0, 0.1) is 6.92 Å². The van der Waals surface area contributed by atoms with E-state index in [2.05, 4.69) is 9.59 Å². The average Bonchev–Trinajstić information content (AvgIpc) is 2.93. The number of furan rings is 1. The van der Waals surface area contributed by atoms with Crippen LogP contribution in [0.1, 0.15) is 22.4 Å². The van der Waals surface area contributed by atoms with E-state index >= 15 is 0 Å². The summed E-state index contributed by atoms with van der Waals surface area (Å²) in [5.41, 5.74) is 7.78. The van der Waals surface area contributed by atoms with Crippen LogP contribution >= 0.6 is 23.1 Å². The van der Waals surface area contributed by atoms with Crippen LogP contribution in [0.3, 0.4) is 0 Å². The fourth-order valence-corrected chi connectivity index (χ4v) is 2.67. The highest BCUT2D eigenvalue weighted by atomic mass is 35.5. The minimum absolute atomic E-state index is 0.337. The van der Waals surface area contributed by atoms with E-state index in [1.54, 1.807) is 6.07 Å². The fourth-order valence-electron chi connectivity index (χ4n) is 1.84. The highest BCUT2D eigenvalue weighted by Crippen LogP contribution is 2.30. The molecule has 1 unspecified atom stereocenters. The van der Waals surface area contributed by atoms with Gasteiger partial charge in [0.15, 0.2) is 0 Å². The first-order valence-corrected chi connectivity index (χ1v) is 6.53. The van der Waals surface area contributed by atoms with Crippen molar-refractivity contribution in [3.05, 3.63) is 45.6 Å². The summed E-state index contributed by atoms with van der Waals surface area (Å²) in [5.74, 6) is 0.696. The van der Waals surface area contributed by atoms with Crippen LogP contribution in [0.2, 0.25) is 5.02 Å². The molecule has 3 rings (SSSR count). The third kappa shape index (κ3) is 1.90. The van der Waals surface area contributed by atoms with E-state index in [4.69, 9.17) is 21.8 Å². The summed E-state index contributed by atoms with van der Waals surface area (Å²) < 4.78 is 9.62. The number of nitrogens with two attached hydrogens (primary N) is 1. The van der Waals surface area contributed by atoms with Crippen molar-refractivity contribution in [3.8, 4) is 0 Å². The van der Waals surface area contributed by atoms with Gasteiger partial charge in [-0.1, -0.05) is 16.1 Å². The van der Waals surface area contributed by atoms with Gasteiger partial charge in [-0.2, -0.15) is 0 Å². The summed E-state index contributed by atoms with van der Waals surface area (Å²) in [6.45, 7) is 1.89. The SMILES string of the molecule is Cc1nnsc1C(N)c1cc2cc(Cl)ccc2o1. The Bertz CT molecular complexity index is 706. The molecule has 2 N–H and O–H groups in total. The predicted molar refractivity (Wildman–Crippen MR) is 71.9 cm³/mol. The van der Waals surface area contributed by atoms with Gasteiger partial charge in [0.05, 0.1) is 10.6 Å². The maximum absolute atomic E-state index is 6.17. The molecule has 0 saturated carbocycles. The molecule has 6 heteroatoms. The topological polar surface area (TPSA) is 64.9 Å². The zero-order valence-corrected chi connectivity index (χ0v) is 11.1. The largest absolute Gasteiger partial charge is 0.459 e. The molecule has 4 nitrogen and oxygen atoms in total. The number of halogens is 1. The number of nitrogens with zero attached hydrogens (tertiary/aromatic N) is 2. The summed E-state index contributed by atoms with van der Waals surface area (Å²) in [5, 5.41) is 5.58. The molecule has 1 aromatic carbocycles. The number of rotatable bonds is 2. The van der Waals surface area contributed by atoms with E-state index in [9.17, 15) is 0 Å². The Morgan fingerprint density at radius 1 is 1.39 bits per heavy atom. The molecular formula is C12H10ClN3OS. The van der Waals surface area contributed by atoms with Crippen molar-refractivity contribution in [1.29, 1.82) is 0 Å². The molecule has 0 aliphatic carbocycles. The van der Waals surface area contributed by atoms with E-state index in [1.165, 1.54) is 11.5 Å². The number of hydrogen-bond acceptors (Lipinski definition) is 5. The van der Waals surface area contributed by atoms with Gasteiger partial charge < -0.3 is 10.2 Å². The van der Waals surface area contributed by atoms with Gasteiger partial charge in [-0.15, -0.1) is 5.10 Å². The lowest BCUT2D eigenvalue weighted by molar-refractivity contribution is 0.526. The Labute approximate surface area is 113 Å². The van der Waals surface area contributed by atoms with Crippen molar-refractivity contribution in [3.63, 3.8) is 0 Å². The van der Waals surface area contributed by atoms with E-state index < -0.39 is 0 Å². The molecule has 0 amide bonds. The first-order valence-electron chi connectivity index (χ1n) is 5.38. The van der Waals surface area contributed by atoms with Crippen molar-refractivity contribution in [2.75, 3.05) is 0 Å². The van der Waals surface area contributed by atoms with Gasteiger partial charge in [0.2, 0.25) is 0 Å². The van der Waals surface area contributed by atoms with E-state index in [0.717, 1.165) is 21.5 Å². The molecule has 0 aliphatic heterocycles. The summed E-state index contributed by atoms with van der Waals surface area (Å²) in [4.78, 5) is 0.917. The number of benzene rings is 1. The third-order valence-corrected chi connectivity index (χ3v) is 3.92. The lowest BCUT2D eigenvalue weighted by atomic mass is 10.1. The quantitative estimate of drug-likeness (QED) is 0.782. The van der Waals surface area contributed by atoms with Gasteiger partial charge >= 0.3 is 0 Å². The molecule has 92 valence electrons. The minimum Gasteiger partial charge on any atom is -0.459 e. The molecule has 0 spiro atoms. The van der Waals surface area contributed by atoms with Crippen molar-refractivity contribution in [1.82, 2.24) is 9.59 Å². The van der Waals surface area contributed by atoms with Crippen molar-refractivity contribution in [2.24, 2.45) is 5.73 Å². The number of hydrogen-bond donors (Lipinski definition) is 1. The molecule has 1 atom stereocenters. The van der Waals surface area contributed by atoms with Crippen molar-refractivity contribution >= 4 is 34.1 Å². The van der Waals surface area contributed by atoms with Gasteiger partial charge in [0, 0.05) is 10.4 Å². The van der Waals surface area contributed by atoms with Gasteiger partial charge in [-0.25, -0.2) is 0 Å². The van der Waals surface area contributed by atoms with Crippen LogP contribution < -0.4 is 5.73 Å². The van der Waals surface area contributed by atoms with E-state index in [0.29, 0.717) is 10.8 Å². The summed E-state index contributed by atoms with van der Waals surface area (Å²) in [7, 11) is 0. The summed E-state index contributed by atoms with van der Waals surface area (Å²) in [6.07, 6.45) is 0. The van der Waals surface area contributed by atoms with Gasteiger partial charge in [0.1, 0.15) is 17.4 Å². The number of fused-ring (bicyclic) bond motifs is 1. The highest BCUT2D eigenvalue weighted by molar-refractivity contribution is 7.05. The van der Waals surface area contributed by atoms with Gasteiger partial charge in [0.25, 0.3) is 0 Å². The maximum Gasteiger partial charge on any atom is 0.134 e. The lowest BCUT2D eigenvalue weighted by Crippen LogP contribution is -2.10. The van der Waals surface area contributed by atoms with Crippen molar-refractivity contribution in [2.45, 2.75) is 13.0 Å². The molecule has 0 bridgehead atoms. The fraction of sp³-hybridized carbons (Fsp3) is 0.167. The van der Waals surface area contributed by atoms with Gasteiger partial charge in [-0.05, 0) is 42.7 Å². The minimum atomic E-state index is -0.337. The summed E-state index contributed by atoms with van der Waals surface area (Å²) >= 11 is 7.23. The zero-order valence-electron chi connectivity index (χ0n) is 9.55. The van der Waals surface area contributed by atoms with E-state index in [1.807, 2.05) is 25.1 Å². The molecule has 0 saturated heterocycles. The Balaban J connectivity index is 2.07. The van der Waals surface area contributed by atoms with Crippen LogP contribution in [-0.2, 0) is 0 Å². The highest BCUT2D eigenvalue weighted by Gasteiger charge is 2.19. The first-order chi connectivity index (χ1) is 8.65. The second-order valence-electron chi connectivity index (χ2n) is 4.03. The lowest BCUT2D eigenvalue weighted by Gasteiger charge is -2.04. The Kier molecular flexibility index (Phi) is 2.81. The molecule has 18 heavy (non-hydrogen) atoms. The van der Waals surface area contributed by atoms with Crippen LogP contribution in [0.5, 0.6) is 0 Å². The number of aryl methyl sites for hydroxylation is 1. The van der Waals surface area contributed by atoms with Crippen LogP contribution in [0.4, 0.5) is 0 Å². The molecule has 0 fully saturated rings. The normalized spacial score (nSPS) is 13.1. The van der Waals surface area contributed by atoms with Crippen LogP contribution in [-0.4, -0.2) is 9.59 Å². The second kappa shape index (κ2) is 4.35. The second-order valence-corrected chi connectivity index (χ2v) is 5.25. The van der Waals surface area contributed by atoms with E-state index in [-0.39, 0.29) is 6.04 Å². The predicted octanol–water partition coefficient (Wildman–Crippen LogP) is 3.29. The first kappa shape index (κ1) is 11.6. The average molecular weight is 280 g/mol. The molecule has 0 radical (unpaired) electrons.